The number of rotatable bonds is 6. The van der Waals surface area contributed by atoms with E-state index in [1.165, 1.54) is 10.9 Å². The summed E-state index contributed by atoms with van der Waals surface area (Å²) in [5.41, 5.74) is 5.38. The zero-order chi connectivity index (χ0) is 24.2. The van der Waals surface area contributed by atoms with Gasteiger partial charge in [-0.2, -0.15) is 10.4 Å². The zero-order valence-corrected chi connectivity index (χ0v) is 18.6. The van der Waals surface area contributed by atoms with Crippen molar-refractivity contribution in [2.45, 2.75) is 31.1 Å². The highest BCUT2D eigenvalue weighted by Gasteiger charge is 2.46. The van der Waals surface area contributed by atoms with E-state index in [0.29, 0.717) is 23.7 Å². The molecule has 2 aromatic rings. The Labute approximate surface area is 195 Å². The number of nitriles is 1. The zero-order valence-electron chi connectivity index (χ0n) is 17.8. The molecule has 2 unspecified atom stereocenters. The number of amides is 2. The van der Waals surface area contributed by atoms with Gasteiger partial charge in [-0.25, -0.2) is 9.18 Å². The highest BCUT2D eigenvalue weighted by molar-refractivity contribution is 6.31. The van der Waals surface area contributed by atoms with Gasteiger partial charge in [0.25, 0.3) is 5.91 Å². The predicted molar refractivity (Wildman–Crippen MR) is 119 cm³/mol. The number of ether oxygens (including phenoxy) is 1. The van der Waals surface area contributed by atoms with Crippen LogP contribution in [0.4, 0.5) is 15.0 Å². The van der Waals surface area contributed by atoms with Crippen molar-refractivity contribution in [1.82, 2.24) is 14.7 Å². The number of carbonyl (C=O) groups is 2. The Bertz CT molecular complexity index is 1150. The van der Waals surface area contributed by atoms with Crippen LogP contribution in [0.2, 0.25) is 5.02 Å². The smallest absolute Gasteiger partial charge is 0.412 e. The molecular formula is C22H22ClFN6O3. The second-order valence-corrected chi connectivity index (χ2v) is 8.07. The number of aromatic nitrogens is 2. The third kappa shape index (κ3) is 4.92. The lowest BCUT2D eigenvalue weighted by molar-refractivity contribution is 0.00695. The maximum Gasteiger partial charge on any atom is 0.412 e. The normalized spacial score (nSPS) is 20.5. The van der Waals surface area contributed by atoms with Crippen molar-refractivity contribution in [2.75, 3.05) is 25.5 Å². The molecule has 1 aliphatic heterocycles. The standard InChI is InChI=1S/C22H22ClFN6O3/c1-3-14-4-5-15(17(23)10-14)11-29-9-7-22(6-8-25,18(24)13-29)30-12-16(19(26)31)20(28-30)27-21(32)33-2/h1,4-5,10,12,18H,6-7,9,11,13H2,2H3,(H2,26,31)(H,27,28,32). The van der Waals surface area contributed by atoms with E-state index in [2.05, 4.69) is 21.1 Å². The van der Waals surface area contributed by atoms with Crippen LogP contribution in [0.15, 0.2) is 24.4 Å². The first-order valence-corrected chi connectivity index (χ1v) is 10.3. The number of nitrogens with zero attached hydrogens (tertiary/aromatic N) is 4. The number of alkyl halides is 1. The summed E-state index contributed by atoms with van der Waals surface area (Å²) in [6.07, 6.45) is 4.29. The average Bonchev–Trinajstić information content (AvgIpc) is 3.21. The van der Waals surface area contributed by atoms with Gasteiger partial charge in [0.15, 0.2) is 5.82 Å². The molecule has 33 heavy (non-hydrogen) atoms. The summed E-state index contributed by atoms with van der Waals surface area (Å²) in [6.45, 7) is 0.828. The molecule has 2 amide bonds. The molecule has 172 valence electrons. The first-order valence-electron chi connectivity index (χ1n) is 9.97. The molecule has 1 saturated heterocycles. The van der Waals surface area contributed by atoms with Crippen molar-refractivity contribution < 1.29 is 18.7 Å². The SMILES string of the molecule is C#Cc1ccc(CN2CCC(CC#N)(n3cc(C(N)=O)c(NC(=O)OC)n3)C(F)C2)c(Cl)c1. The summed E-state index contributed by atoms with van der Waals surface area (Å²) in [7, 11) is 1.15. The van der Waals surface area contributed by atoms with E-state index in [9.17, 15) is 14.9 Å². The van der Waals surface area contributed by atoms with Crippen molar-refractivity contribution in [3.63, 3.8) is 0 Å². The molecule has 0 bridgehead atoms. The number of benzene rings is 1. The molecule has 0 saturated carbocycles. The van der Waals surface area contributed by atoms with E-state index in [4.69, 9.17) is 23.8 Å². The Balaban J connectivity index is 1.87. The molecule has 1 aliphatic rings. The second kappa shape index (κ2) is 9.90. The minimum atomic E-state index is -1.51. The molecule has 11 heteroatoms. The van der Waals surface area contributed by atoms with Gasteiger partial charge in [0, 0.05) is 36.4 Å². The van der Waals surface area contributed by atoms with Gasteiger partial charge < -0.3 is 10.5 Å². The van der Waals surface area contributed by atoms with Gasteiger partial charge in [0.05, 0.1) is 19.6 Å². The summed E-state index contributed by atoms with van der Waals surface area (Å²) in [4.78, 5) is 25.3. The quantitative estimate of drug-likeness (QED) is 0.622. The molecule has 0 aliphatic carbocycles. The number of primary amides is 1. The molecule has 9 nitrogen and oxygen atoms in total. The lowest BCUT2D eigenvalue weighted by Crippen LogP contribution is -2.54. The molecule has 0 radical (unpaired) electrons. The highest BCUT2D eigenvalue weighted by Crippen LogP contribution is 2.37. The topological polar surface area (TPSA) is 126 Å². The number of likely N-dealkylation sites (tertiary alicyclic amines) is 1. The summed E-state index contributed by atoms with van der Waals surface area (Å²) in [5, 5.41) is 16.4. The summed E-state index contributed by atoms with van der Waals surface area (Å²) in [6, 6.07) is 7.27. The largest absolute Gasteiger partial charge is 0.453 e. The fourth-order valence-corrected chi connectivity index (χ4v) is 4.08. The number of nitrogens with two attached hydrogens (primary N) is 1. The molecule has 2 atom stereocenters. The fraction of sp³-hybridized carbons (Fsp3) is 0.364. The number of carbonyl (C=O) groups excluding carboxylic acids is 2. The minimum absolute atomic E-state index is 0.000424. The maximum absolute atomic E-state index is 15.7. The predicted octanol–water partition coefficient (Wildman–Crippen LogP) is 2.65. The highest BCUT2D eigenvalue weighted by atomic mass is 35.5. The van der Waals surface area contributed by atoms with Gasteiger partial charge in [-0.1, -0.05) is 23.6 Å². The number of nitrogens with one attached hydrogen (secondary N) is 1. The molecule has 2 heterocycles. The van der Waals surface area contributed by atoms with Crippen molar-refractivity contribution >= 4 is 29.4 Å². The van der Waals surface area contributed by atoms with Crippen molar-refractivity contribution in [1.29, 1.82) is 5.26 Å². The molecule has 3 rings (SSSR count). The van der Waals surface area contributed by atoms with Crippen LogP contribution >= 0.6 is 11.6 Å². The van der Waals surface area contributed by atoms with Gasteiger partial charge >= 0.3 is 6.09 Å². The van der Waals surface area contributed by atoms with Gasteiger partial charge in [-0.05, 0) is 24.1 Å². The van der Waals surface area contributed by atoms with E-state index >= 15 is 4.39 Å². The average molecular weight is 473 g/mol. The number of methoxy groups -OCH3 is 1. The van der Waals surface area contributed by atoms with Gasteiger partial charge in [-0.3, -0.25) is 19.7 Å². The van der Waals surface area contributed by atoms with E-state index in [1.54, 1.807) is 18.2 Å². The van der Waals surface area contributed by atoms with E-state index in [1.807, 2.05) is 11.0 Å². The molecule has 1 fully saturated rings. The lowest BCUT2D eigenvalue weighted by atomic mass is 9.83. The Kier molecular flexibility index (Phi) is 7.22. The van der Waals surface area contributed by atoms with Crippen LogP contribution in [0.3, 0.4) is 0 Å². The monoisotopic (exact) mass is 472 g/mol. The van der Waals surface area contributed by atoms with Gasteiger partial charge in [0.1, 0.15) is 17.3 Å². The van der Waals surface area contributed by atoms with Gasteiger partial charge in [-0.15, -0.1) is 6.42 Å². The number of terminal acetylenes is 1. The summed E-state index contributed by atoms with van der Waals surface area (Å²) < 4.78 is 21.4. The number of hydrogen-bond acceptors (Lipinski definition) is 6. The number of hydrogen-bond donors (Lipinski definition) is 2. The maximum atomic E-state index is 15.7. The fourth-order valence-electron chi connectivity index (χ4n) is 3.84. The Hall–Kier alpha value is -3.60. The van der Waals surface area contributed by atoms with E-state index in [0.717, 1.165) is 12.7 Å². The third-order valence-corrected chi connectivity index (χ3v) is 6.06. The van der Waals surface area contributed by atoms with Crippen LogP contribution < -0.4 is 11.1 Å². The lowest BCUT2D eigenvalue weighted by Gasteiger charge is -2.43. The second-order valence-electron chi connectivity index (χ2n) is 7.66. The van der Waals surface area contributed by atoms with Gasteiger partial charge in [0.2, 0.25) is 0 Å². The number of anilines is 1. The van der Waals surface area contributed by atoms with Crippen LogP contribution in [-0.2, 0) is 16.8 Å². The minimum Gasteiger partial charge on any atom is -0.453 e. The Morgan fingerprint density at radius 3 is 2.85 bits per heavy atom. The van der Waals surface area contributed by atoms with E-state index in [-0.39, 0.29) is 30.8 Å². The van der Waals surface area contributed by atoms with Crippen molar-refractivity contribution in [3.05, 3.63) is 46.1 Å². The molecular weight excluding hydrogens is 451 g/mol. The van der Waals surface area contributed by atoms with Crippen LogP contribution in [0.25, 0.3) is 0 Å². The first-order chi connectivity index (χ1) is 15.7. The van der Waals surface area contributed by atoms with E-state index < -0.39 is 23.7 Å². The summed E-state index contributed by atoms with van der Waals surface area (Å²) >= 11 is 6.31. The van der Waals surface area contributed by atoms with Crippen LogP contribution in [0.1, 0.15) is 34.3 Å². The molecule has 0 spiro atoms. The van der Waals surface area contributed by atoms with Crippen molar-refractivity contribution in [3.8, 4) is 18.4 Å². The molecule has 3 N–H and O–H groups in total. The first kappa shape index (κ1) is 24.1. The van der Waals surface area contributed by atoms with Crippen LogP contribution in [0, 0.1) is 23.7 Å². The third-order valence-electron chi connectivity index (χ3n) is 5.70. The van der Waals surface area contributed by atoms with Crippen LogP contribution in [-0.4, -0.2) is 53.1 Å². The summed E-state index contributed by atoms with van der Waals surface area (Å²) in [5.74, 6) is 1.48. The Morgan fingerprint density at radius 2 is 2.27 bits per heavy atom. The molecule has 1 aromatic heterocycles. The Morgan fingerprint density at radius 1 is 1.52 bits per heavy atom. The number of halogens is 2. The number of piperidine rings is 1. The van der Waals surface area contributed by atoms with Crippen molar-refractivity contribution in [2.24, 2.45) is 5.73 Å². The van der Waals surface area contributed by atoms with Crippen LogP contribution in [0.5, 0.6) is 0 Å². The molecule has 1 aromatic carbocycles.